The van der Waals surface area contributed by atoms with Crippen LogP contribution >= 0.6 is 0 Å². The standard InChI is InChI=1S/C23H20N8O/c32-18-8-6-16(7-9-18)10-11-26-21-20-22(31(15-27-20)17-4-2-1-3-5-17)30-23(29-21)28-19-14-24-12-13-25-19/h1-9,12-15,32H,10-11H2,(H2,25,26,28,29,30). The summed E-state index contributed by atoms with van der Waals surface area (Å²) in [6.45, 7) is 0.639. The first kappa shape index (κ1) is 19.4. The summed E-state index contributed by atoms with van der Waals surface area (Å²) in [5.74, 6) is 1.82. The monoisotopic (exact) mass is 424 g/mol. The number of para-hydroxylation sites is 1. The molecule has 0 aliphatic rings. The number of aromatic nitrogens is 6. The first-order valence-corrected chi connectivity index (χ1v) is 10.1. The third-order valence-electron chi connectivity index (χ3n) is 4.88. The number of rotatable bonds is 7. The average Bonchev–Trinajstić information content (AvgIpc) is 3.26. The number of anilines is 3. The Morgan fingerprint density at radius 2 is 1.75 bits per heavy atom. The molecule has 3 aromatic heterocycles. The van der Waals surface area contributed by atoms with E-state index in [-0.39, 0.29) is 5.75 Å². The molecule has 5 rings (SSSR count). The summed E-state index contributed by atoms with van der Waals surface area (Å²) < 4.78 is 1.92. The molecule has 158 valence electrons. The minimum absolute atomic E-state index is 0.255. The van der Waals surface area contributed by atoms with Crippen LogP contribution in [0.3, 0.4) is 0 Å². The van der Waals surface area contributed by atoms with Crippen LogP contribution in [-0.2, 0) is 6.42 Å². The molecule has 2 aromatic carbocycles. The molecule has 0 bridgehead atoms. The van der Waals surface area contributed by atoms with Gasteiger partial charge in [0.2, 0.25) is 5.95 Å². The molecule has 5 aromatic rings. The fourth-order valence-corrected chi connectivity index (χ4v) is 3.32. The van der Waals surface area contributed by atoms with Crippen LogP contribution in [0, 0.1) is 0 Å². The molecule has 0 unspecified atom stereocenters. The number of imidazole rings is 1. The second kappa shape index (κ2) is 8.68. The predicted octanol–water partition coefficient (Wildman–Crippen LogP) is 3.71. The third kappa shape index (κ3) is 4.17. The Morgan fingerprint density at radius 3 is 2.53 bits per heavy atom. The van der Waals surface area contributed by atoms with Crippen molar-refractivity contribution in [1.82, 2.24) is 29.5 Å². The summed E-state index contributed by atoms with van der Waals surface area (Å²) in [5, 5.41) is 16.0. The maximum absolute atomic E-state index is 9.47. The van der Waals surface area contributed by atoms with Crippen LogP contribution < -0.4 is 10.6 Å². The Morgan fingerprint density at radius 1 is 0.906 bits per heavy atom. The highest BCUT2D eigenvalue weighted by molar-refractivity contribution is 5.85. The molecular formula is C23H20N8O. The zero-order chi connectivity index (χ0) is 21.8. The van der Waals surface area contributed by atoms with E-state index in [0.29, 0.717) is 35.3 Å². The Bertz CT molecular complexity index is 1320. The Labute approximate surface area is 183 Å². The highest BCUT2D eigenvalue weighted by Gasteiger charge is 2.15. The summed E-state index contributed by atoms with van der Waals surface area (Å²) in [6, 6.07) is 17.1. The molecule has 3 heterocycles. The van der Waals surface area contributed by atoms with E-state index in [2.05, 4.69) is 35.6 Å². The van der Waals surface area contributed by atoms with E-state index in [4.69, 9.17) is 0 Å². The second-order valence-corrected chi connectivity index (χ2v) is 7.08. The zero-order valence-corrected chi connectivity index (χ0v) is 17.1. The molecule has 0 radical (unpaired) electrons. The molecule has 3 N–H and O–H groups in total. The quantitative estimate of drug-likeness (QED) is 0.362. The number of aromatic hydroxyl groups is 1. The van der Waals surface area contributed by atoms with Crippen molar-refractivity contribution in [3.8, 4) is 11.4 Å². The van der Waals surface area contributed by atoms with Crippen LogP contribution in [0.4, 0.5) is 17.6 Å². The Kier molecular flexibility index (Phi) is 5.27. The second-order valence-electron chi connectivity index (χ2n) is 7.08. The molecule has 32 heavy (non-hydrogen) atoms. The maximum atomic E-state index is 9.47. The van der Waals surface area contributed by atoms with E-state index in [1.807, 2.05) is 47.0 Å². The van der Waals surface area contributed by atoms with E-state index in [1.165, 1.54) is 0 Å². The SMILES string of the molecule is Oc1ccc(CCNc2nc(Nc3cnccn3)nc3c2ncn3-c2ccccc2)cc1. The van der Waals surface area contributed by atoms with Gasteiger partial charge in [-0.25, -0.2) is 9.97 Å². The fourth-order valence-electron chi connectivity index (χ4n) is 3.32. The predicted molar refractivity (Wildman–Crippen MR) is 122 cm³/mol. The van der Waals surface area contributed by atoms with Crippen molar-refractivity contribution in [3.63, 3.8) is 0 Å². The lowest BCUT2D eigenvalue weighted by molar-refractivity contribution is 0.475. The van der Waals surface area contributed by atoms with E-state index in [9.17, 15) is 5.11 Å². The highest BCUT2D eigenvalue weighted by atomic mass is 16.3. The number of fused-ring (bicyclic) bond motifs is 1. The topological polar surface area (TPSA) is 114 Å². The van der Waals surface area contributed by atoms with Gasteiger partial charge in [-0.3, -0.25) is 9.55 Å². The summed E-state index contributed by atoms with van der Waals surface area (Å²) in [6.07, 6.45) is 7.33. The summed E-state index contributed by atoms with van der Waals surface area (Å²) in [4.78, 5) is 22.2. The fraction of sp³-hybridized carbons (Fsp3) is 0.0870. The van der Waals surface area contributed by atoms with Gasteiger partial charge in [-0.1, -0.05) is 30.3 Å². The van der Waals surface area contributed by atoms with Crippen molar-refractivity contribution < 1.29 is 5.11 Å². The molecule has 0 saturated heterocycles. The minimum Gasteiger partial charge on any atom is -0.508 e. The lowest BCUT2D eigenvalue weighted by Gasteiger charge is -2.10. The molecule has 0 fully saturated rings. The van der Waals surface area contributed by atoms with Crippen molar-refractivity contribution in [2.75, 3.05) is 17.2 Å². The maximum Gasteiger partial charge on any atom is 0.232 e. The van der Waals surface area contributed by atoms with Crippen LogP contribution in [0.5, 0.6) is 5.75 Å². The zero-order valence-electron chi connectivity index (χ0n) is 17.1. The van der Waals surface area contributed by atoms with Crippen LogP contribution in [0.15, 0.2) is 79.5 Å². The molecule has 9 nitrogen and oxygen atoms in total. The van der Waals surface area contributed by atoms with E-state index < -0.39 is 0 Å². The third-order valence-corrected chi connectivity index (χ3v) is 4.88. The normalized spacial score (nSPS) is 10.9. The van der Waals surface area contributed by atoms with Gasteiger partial charge in [0, 0.05) is 24.6 Å². The largest absolute Gasteiger partial charge is 0.508 e. The van der Waals surface area contributed by atoms with Gasteiger partial charge in [0.25, 0.3) is 0 Å². The first-order chi connectivity index (χ1) is 15.8. The molecule has 0 atom stereocenters. The van der Waals surface area contributed by atoms with Gasteiger partial charge in [0.15, 0.2) is 22.8 Å². The summed E-state index contributed by atoms with van der Waals surface area (Å²) in [7, 11) is 0. The number of hydrogen-bond donors (Lipinski definition) is 3. The number of phenolic OH excluding ortho intramolecular Hbond substituents is 1. The summed E-state index contributed by atoms with van der Waals surface area (Å²) in [5.41, 5.74) is 3.40. The lowest BCUT2D eigenvalue weighted by atomic mass is 10.1. The first-order valence-electron chi connectivity index (χ1n) is 10.1. The summed E-state index contributed by atoms with van der Waals surface area (Å²) >= 11 is 0. The van der Waals surface area contributed by atoms with Gasteiger partial charge in [-0.2, -0.15) is 9.97 Å². The van der Waals surface area contributed by atoms with Crippen molar-refractivity contribution in [2.45, 2.75) is 6.42 Å². The van der Waals surface area contributed by atoms with Crippen LogP contribution in [0.1, 0.15) is 5.56 Å². The van der Waals surface area contributed by atoms with Gasteiger partial charge >= 0.3 is 0 Å². The van der Waals surface area contributed by atoms with Crippen LogP contribution in [0.2, 0.25) is 0 Å². The van der Waals surface area contributed by atoms with Crippen molar-refractivity contribution >= 4 is 28.7 Å². The van der Waals surface area contributed by atoms with Gasteiger partial charge in [-0.05, 0) is 36.2 Å². The Balaban J connectivity index is 1.48. The molecule has 0 spiro atoms. The molecule has 9 heteroatoms. The van der Waals surface area contributed by atoms with Crippen molar-refractivity contribution in [1.29, 1.82) is 0 Å². The minimum atomic E-state index is 0.255. The average molecular weight is 424 g/mol. The molecule has 0 amide bonds. The number of benzene rings is 2. The highest BCUT2D eigenvalue weighted by Crippen LogP contribution is 2.24. The smallest absolute Gasteiger partial charge is 0.232 e. The van der Waals surface area contributed by atoms with E-state index in [0.717, 1.165) is 17.7 Å². The van der Waals surface area contributed by atoms with Crippen molar-refractivity contribution in [2.24, 2.45) is 0 Å². The molecule has 0 aliphatic carbocycles. The number of nitrogens with one attached hydrogen (secondary N) is 2. The van der Waals surface area contributed by atoms with Gasteiger partial charge in [-0.15, -0.1) is 0 Å². The molecule has 0 saturated carbocycles. The van der Waals surface area contributed by atoms with Crippen LogP contribution in [0.25, 0.3) is 16.9 Å². The lowest BCUT2D eigenvalue weighted by Crippen LogP contribution is -2.09. The molecular weight excluding hydrogens is 404 g/mol. The number of phenols is 1. The Hall–Kier alpha value is -4.53. The number of hydrogen-bond acceptors (Lipinski definition) is 8. The van der Waals surface area contributed by atoms with Crippen molar-refractivity contribution in [3.05, 3.63) is 85.1 Å². The van der Waals surface area contributed by atoms with E-state index in [1.54, 1.807) is 37.1 Å². The molecule has 0 aliphatic heterocycles. The number of nitrogens with zero attached hydrogens (tertiary/aromatic N) is 6. The van der Waals surface area contributed by atoms with Gasteiger partial charge in [0.05, 0.1) is 6.20 Å². The van der Waals surface area contributed by atoms with Crippen LogP contribution in [-0.4, -0.2) is 41.1 Å². The van der Waals surface area contributed by atoms with Gasteiger partial charge in [0.1, 0.15) is 12.1 Å². The van der Waals surface area contributed by atoms with Gasteiger partial charge < -0.3 is 15.7 Å². The van der Waals surface area contributed by atoms with E-state index >= 15 is 0 Å².